The molecule has 1 N–H and O–H groups in total. The molecule has 72 valence electrons. The lowest BCUT2D eigenvalue weighted by Crippen LogP contribution is -2.18. The average molecular weight is 201 g/mol. The number of nitrogens with zero attached hydrogens (tertiary/aromatic N) is 2. The highest BCUT2D eigenvalue weighted by Gasteiger charge is 2.27. The summed E-state index contributed by atoms with van der Waals surface area (Å²) in [6.07, 6.45) is 4.49. The molecule has 4 heteroatoms. The number of rotatable bonds is 1. The van der Waals surface area contributed by atoms with E-state index >= 15 is 0 Å². The highest BCUT2D eigenvalue weighted by Crippen LogP contribution is 2.30. The van der Waals surface area contributed by atoms with Gasteiger partial charge in [-0.2, -0.15) is 5.10 Å². The second-order valence-corrected chi connectivity index (χ2v) is 4.02. The Kier molecular flexibility index (Phi) is 2.30. The molecular formula is C9H13ClN2O. The van der Waals surface area contributed by atoms with Crippen molar-refractivity contribution in [3.05, 3.63) is 16.9 Å². The minimum Gasteiger partial charge on any atom is -0.391 e. The minimum atomic E-state index is -0.254. The molecule has 1 saturated carbocycles. The minimum absolute atomic E-state index is 0.131. The monoisotopic (exact) mass is 200 g/mol. The van der Waals surface area contributed by atoms with Gasteiger partial charge in [-0.25, -0.2) is 0 Å². The highest BCUT2D eigenvalue weighted by atomic mass is 35.5. The van der Waals surface area contributed by atoms with Gasteiger partial charge in [-0.05, 0) is 26.2 Å². The molecule has 0 bridgehead atoms. The van der Waals surface area contributed by atoms with Crippen molar-refractivity contribution >= 4 is 11.6 Å². The Bertz CT molecular complexity index is 291. The standard InChI is InChI=1S/C9H13ClN2O/c1-6-7(10)5-12(11-6)8-3-2-4-9(8)13/h5,8-9,13H,2-4H2,1H3/t8-,9-/m1/s1. The molecule has 0 aromatic carbocycles. The van der Waals surface area contributed by atoms with Crippen LogP contribution in [0.25, 0.3) is 0 Å². The molecule has 3 nitrogen and oxygen atoms in total. The normalized spacial score (nSPS) is 28.2. The van der Waals surface area contributed by atoms with Crippen molar-refractivity contribution in [2.45, 2.75) is 38.3 Å². The van der Waals surface area contributed by atoms with E-state index in [0.717, 1.165) is 25.0 Å². The molecule has 0 saturated heterocycles. The van der Waals surface area contributed by atoms with E-state index in [4.69, 9.17) is 11.6 Å². The highest BCUT2D eigenvalue weighted by molar-refractivity contribution is 6.31. The zero-order valence-electron chi connectivity index (χ0n) is 7.57. The quantitative estimate of drug-likeness (QED) is 0.753. The van der Waals surface area contributed by atoms with Gasteiger partial charge < -0.3 is 5.11 Å². The summed E-state index contributed by atoms with van der Waals surface area (Å²) in [7, 11) is 0. The Morgan fingerprint density at radius 2 is 2.38 bits per heavy atom. The first-order valence-corrected chi connectivity index (χ1v) is 4.95. The van der Waals surface area contributed by atoms with Gasteiger partial charge in [0.25, 0.3) is 0 Å². The van der Waals surface area contributed by atoms with Crippen LogP contribution in [0.4, 0.5) is 0 Å². The van der Waals surface area contributed by atoms with E-state index in [-0.39, 0.29) is 12.1 Å². The molecule has 13 heavy (non-hydrogen) atoms. The topological polar surface area (TPSA) is 38.0 Å². The van der Waals surface area contributed by atoms with E-state index in [2.05, 4.69) is 5.10 Å². The molecule has 0 aliphatic heterocycles. The van der Waals surface area contributed by atoms with Gasteiger partial charge in [0.05, 0.1) is 22.9 Å². The van der Waals surface area contributed by atoms with Crippen molar-refractivity contribution in [3.8, 4) is 0 Å². The van der Waals surface area contributed by atoms with E-state index in [9.17, 15) is 5.11 Å². The van der Waals surface area contributed by atoms with E-state index in [1.165, 1.54) is 0 Å². The van der Waals surface area contributed by atoms with Crippen LogP contribution in [-0.2, 0) is 0 Å². The van der Waals surface area contributed by atoms with Crippen LogP contribution in [-0.4, -0.2) is 21.0 Å². The van der Waals surface area contributed by atoms with Gasteiger partial charge >= 0.3 is 0 Å². The Morgan fingerprint density at radius 3 is 2.85 bits per heavy atom. The first-order valence-electron chi connectivity index (χ1n) is 4.58. The van der Waals surface area contributed by atoms with Crippen LogP contribution < -0.4 is 0 Å². The zero-order chi connectivity index (χ0) is 9.42. The number of aliphatic hydroxyl groups excluding tert-OH is 1. The van der Waals surface area contributed by atoms with Crippen molar-refractivity contribution in [1.29, 1.82) is 0 Å². The number of aryl methyl sites for hydroxylation is 1. The van der Waals surface area contributed by atoms with Crippen LogP contribution in [0.3, 0.4) is 0 Å². The summed E-state index contributed by atoms with van der Waals surface area (Å²) in [5, 5.41) is 14.6. The maximum Gasteiger partial charge on any atom is 0.0815 e. The lowest BCUT2D eigenvalue weighted by atomic mass is 10.2. The molecule has 1 aromatic heterocycles. The van der Waals surface area contributed by atoms with Crippen molar-refractivity contribution in [1.82, 2.24) is 9.78 Å². The fourth-order valence-electron chi connectivity index (χ4n) is 1.86. The Morgan fingerprint density at radius 1 is 1.62 bits per heavy atom. The number of hydrogen-bond acceptors (Lipinski definition) is 2. The summed E-state index contributed by atoms with van der Waals surface area (Å²) >= 11 is 5.89. The third-order valence-electron chi connectivity index (χ3n) is 2.64. The summed E-state index contributed by atoms with van der Waals surface area (Å²) < 4.78 is 1.80. The van der Waals surface area contributed by atoms with Gasteiger partial charge in [0.1, 0.15) is 0 Å². The molecular weight excluding hydrogens is 188 g/mol. The van der Waals surface area contributed by atoms with Crippen molar-refractivity contribution in [3.63, 3.8) is 0 Å². The number of hydrogen-bond donors (Lipinski definition) is 1. The zero-order valence-corrected chi connectivity index (χ0v) is 8.33. The molecule has 0 spiro atoms. The number of aromatic nitrogens is 2. The Hall–Kier alpha value is -0.540. The Balaban J connectivity index is 2.24. The van der Waals surface area contributed by atoms with E-state index in [0.29, 0.717) is 5.02 Å². The summed E-state index contributed by atoms with van der Waals surface area (Å²) in [5.41, 5.74) is 0.834. The van der Waals surface area contributed by atoms with Crippen LogP contribution in [0.15, 0.2) is 6.20 Å². The number of halogens is 1. The van der Waals surface area contributed by atoms with Gasteiger partial charge in [-0.1, -0.05) is 11.6 Å². The fraction of sp³-hybridized carbons (Fsp3) is 0.667. The van der Waals surface area contributed by atoms with Gasteiger partial charge in [0.2, 0.25) is 0 Å². The van der Waals surface area contributed by atoms with E-state index in [1.54, 1.807) is 10.9 Å². The first-order chi connectivity index (χ1) is 6.18. The second kappa shape index (κ2) is 3.31. The maximum absolute atomic E-state index is 9.64. The van der Waals surface area contributed by atoms with Gasteiger partial charge in [-0.15, -0.1) is 0 Å². The molecule has 1 aliphatic carbocycles. The smallest absolute Gasteiger partial charge is 0.0815 e. The largest absolute Gasteiger partial charge is 0.391 e. The van der Waals surface area contributed by atoms with Crippen molar-refractivity contribution in [2.24, 2.45) is 0 Å². The summed E-state index contributed by atoms with van der Waals surface area (Å²) in [4.78, 5) is 0. The van der Waals surface area contributed by atoms with Crippen LogP contribution in [0.1, 0.15) is 31.0 Å². The SMILES string of the molecule is Cc1nn([C@@H]2CCC[C@H]2O)cc1Cl. The van der Waals surface area contributed by atoms with Crippen molar-refractivity contribution in [2.75, 3.05) is 0 Å². The van der Waals surface area contributed by atoms with Crippen LogP contribution in [0, 0.1) is 6.92 Å². The van der Waals surface area contributed by atoms with Crippen LogP contribution in [0.2, 0.25) is 5.02 Å². The van der Waals surface area contributed by atoms with Gasteiger partial charge in [-0.3, -0.25) is 4.68 Å². The van der Waals surface area contributed by atoms with Crippen LogP contribution in [0.5, 0.6) is 0 Å². The molecule has 1 fully saturated rings. The average Bonchev–Trinajstić information content (AvgIpc) is 2.60. The third kappa shape index (κ3) is 1.58. The second-order valence-electron chi connectivity index (χ2n) is 3.61. The lowest BCUT2D eigenvalue weighted by molar-refractivity contribution is 0.130. The number of aliphatic hydroxyl groups is 1. The molecule has 2 atom stereocenters. The van der Waals surface area contributed by atoms with Crippen molar-refractivity contribution < 1.29 is 5.11 Å². The summed E-state index contributed by atoms with van der Waals surface area (Å²) in [5.74, 6) is 0. The molecule has 0 amide bonds. The molecule has 0 unspecified atom stereocenters. The molecule has 2 rings (SSSR count). The third-order valence-corrected chi connectivity index (χ3v) is 3.01. The molecule has 0 radical (unpaired) electrons. The molecule has 1 aromatic rings. The van der Waals surface area contributed by atoms with E-state index in [1.807, 2.05) is 6.92 Å². The van der Waals surface area contributed by atoms with Crippen LogP contribution >= 0.6 is 11.6 Å². The Labute approximate surface area is 82.3 Å². The maximum atomic E-state index is 9.64. The molecule has 1 heterocycles. The van der Waals surface area contributed by atoms with Gasteiger partial charge in [0.15, 0.2) is 0 Å². The molecule has 1 aliphatic rings. The lowest BCUT2D eigenvalue weighted by Gasteiger charge is -2.14. The summed E-state index contributed by atoms with van der Waals surface area (Å²) in [6.45, 7) is 1.88. The summed E-state index contributed by atoms with van der Waals surface area (Å²) in [6, 6.07) is 0.131. The predicted octanol–water partition coefficient (Wildman–Crippen LogP) is 1.93. The fourth-order valence-corrected chi connectivity index (χ4v) is 2.00. The predicted molar refractivity (Wildman–Crippen MR) is 50.9 cm³/mol. The first kappa shape index (κ1) is 9.03. The van der Waals surface area contributed by atoms with E-state index < -0.39 is 0 Å². The van der Waals surface area contributed by atoms with Gasteiger partial charge in [0, 0.05) is 6.20 Å².